The topological polar surface area (TPSA) is 69.9 Å². The lowest BCUT2D eigenvalue weighted by Gasteiger charge is -2.11. The number of para-hydroxylation sites is 3. The van der Waals surface area contributed by atoms with Crippen molar-refractivity contribution < 1.29 is 8.83 Å². The normalized spacial score (nSPS) is 11.9. The van der Waals surface area contributed by atoms with Crippen molar-refractivity contribution in [2.24, 2.45) is 0 Å². The molecule has 8 aromatic carbocycles. The first-order chi connectivity index (χ1) is 28.2. The monoisotopic (exact) mass is 730 g/mol. The van der Waals surface area contributed by atoms with Crippen LogP contribution in [0, 0.1) is 0 Å². The second kappa shape index (κ2) is 12.3. The van der Waals surface area contributed by atoms with Gasteiger partial charge in [-0.15, -0.1) is 0 Å². The number of aromatic nitrogens is 4. The zero-order chi connectivity index (χ0) is 37.5. The zero-order valence-corrected chi connectivity index (χ0v) is 30.4. The second-order valence-electron chi connectivity index (χ2n) is 14.4. The molecule has 0 aliphatic heterocycles. The first-order valence-electron chi connectivity index (χ1n) is 19.0. The molecule has 57 heavy (non-hydrogen) atoms. The number of fused-ring (bicyclic) bond motifs is 9. The molecule has 12 aromatic rings. The first kappa shape index (κ1) is 31.5. The smallest absolute Gasteiger partial charge is 0.164 e. The van der Waals surface area contributed by atoms with E-state index >= 15 is 0 Å². The molecular formula is C51H30N4O2. The molecular weight excluding hydrogens is 701 g/mol. The van der Waals surface area contributed by atoms with Crippen LogP contribution in [-0.4, -0.2) is 19.5 Å². The van der Waals surface area contributed by atoms with E-state index in [0.29, 0.717) is 17.5 Å². The summed E-state index contributed by atoms with van der Waals surface area (Å²) in [4.78, 5) is 15.3. The molecule has 0 unspecified atom stereocenters. The Morgan fingerprint density at radius 3 is 1.54 bits per heavy atom. The fourth-order valence-electron chi connectivity index (χ4n) is 8.41. The predicted molar refractivity (Wildman–Crippen MR) is 230 cm³/mol. The van der Waals surface area contributed by atoms with E-state index in [4.69, 9.17) is 23.8 Å². The minimum atomic E-state index is 0.553. The summed E-state index contributed by atoms with van der Waals surface area (Å²) in [5, 5.41) is 6.71. The summed E-state index contributed by atoms with van der Waals surface area (Å²) in [5.41, 5.74) is 11.5. The molecule has 12 rings (SSSR count). The predicted octanol–water partition coefficient (Wildman–Crippen LogP) is 13.4. The fourth-order valence-corrected chi connectivity index (χ4v) is 8.41. The van der Waals surface area contributed by atoms with Gasteiger partial charge in [-0.25, -0.2) is 15.0 Å². The van der Waals surface area contributed by atoms with Crippen LogP contribution in [0.1, 0.15) is 0 Å². The number of benzene rings is 8. The molecule has 6 nitrogen and oxygen atoms in total. The van der Waals surface area contributed by atoms with Gasteiger partial charge in [0.2, 0.25) is 0 Å². The van der Waals surface area contributed by atoms with Crippen LogP contribution in [-0.2, 0) is 0 Å². The Balaban J connectivity index is 1.02. The summed E-state index contributed by atoms with van der Waals surface area (Å²) >= 11 is 0. The Kier molecular flexibility index (Phi) is 6.83. The Bertz CT molecular complexity index is 3470. The SMILES string of the molecule is c1ccc(-c2cccc3oc4cc(-c5nc(-c6ccc(-n7c8ccccc8c8ccccc87)cc6)nc(-c6ccc7c(c6)oc6ccccc67)n5)ccc4c23)cc1. The van der Waals surface area contributed by atoms with Gasteiger partial charge in [0.1, 0.15) is 22.3 Å². The molecule has 0 spiro atoms. The van der Waals surface area contributed by atoms with Gasteiger partial charge >= 0.3 is 0 Å². The van der Waals surface area contributed by atoms with Crippen molar-refractivity contribution in [3.8, 4) is 51.0 Å². The summed E-state index contributed by atoms with van der Waals surface area (Å²) < 4.78 is 15.1. The quantitative estimate of drug-likeness (QED) is 0.176. The van der Waals surface area contributed by atoms with E-state index < -0.39 is 0 Å². The van der Waals surface area contributed by atoms with Gasteiger partial charge in [-0.05, 0) is 83.9 Å². The maximum Gasteiger partial charge on any atom is 0.164 e. The second-order valence-corrected chi connectivity index (χ2v) is 14.4. The standard InChI is InChI=1S/C51H30N4O2/c1-2-11-31(12-3-1)36-16-10-20-45-48(36)41-28-24-34(30-47(41)57-45)51-53-49(52-50(54-51)33-23-27-40-39-15-6-9-19-44(39)56-46(40)29-33)32-21-25-35(26-22-32)55-42-17-7-4-13-37(42)38-14-5-8-18-43(38)55/h1-30H. The van der Waals surface area contributed by atoms with Crippen molar-refractivity contribution in [3.63, 3.8) is 0 Å². The summed E-state index contributed by atoms with van der Waals surface area (Å²) in [6.45, 7) is 0. The van der Waals surface area contributed by atoms with Gasteiger partial charge in [0, 0.05) is 54.7 Å². The van der Waals surface area contributed by atoms with Crippen LogP contribution in [0.2, 0.25) is 0 Å². The molecule has 0 radical (unpaired) electrons. The van der Waals surface area contributed by atoms with E-state index in [1.54, 1.807) is 0 Å². The number of nitrogens with zero attached hydrogens (tertiary/aromatic N) is 4. The number of hydrogen-bond acceptors (Lipinski definition) is 5. The lowest BCUT2D eigenvalue weighted by atomic mass is 9.99. The van der Waals surface area contributed by atoms with Crippen LogP contribution in [0.3, 0.4) is 0 Å². The minimum absolute atomic E-state index is 0.553. The maximum absolute atomic E-state index is 6.51. The Morgan fingerprint density at radius 2 is 0.842 bits per heavy atom. The highest BCUT2D eigenvalue weighted by atomic mass is 16.3. The van der Waals surface area contributed by atoms with Gasteiger partial charge < -0.3 is 13.4 Å². The van der Waals surface area contributed by atoms with E-state index in [1.807, 2.05) is 48.5 Å². The Labute approximate surface area is 325 Å². The van der Waals surface area contributed by atoms with Crippen LogP contribution in [0.5, 0.6) is 0 Å². The summed E-state index contributed by atoms with van der Waals surface area (Å²) in [6.07, 6.45) is 0. The summed E-state index contributed by atoms with van der Waals surface area (Å²) in [6, 6.07) is 62.7. The molecule has 0 saturated carbocycles. The molecule has 0 fully saturated rings. The highest BCUT2D eigenvalue weighted by Gasteiger charge is 2.18. The lowest BCUT2D eigenvalue weighted by Crippen LogP contribution is -2.00. The number of hydrogen-bond donors (Lipinski definition) is 0. The van der Waals surface area contributed by atoms with Gasteiger partial charge in [0.25, 0.3) is 0 Å². The lowest BCUT2D eigenvalue weighted by molar-refractivity contribution is 0.668. The third-order valence-corrected chi connectivity index (χ3v) is 11.1. The average molecular weight is 731 g/mol. The molecule has 6 heteroatoms. The van der Waals surface area contributed by atoms with Crippen LogP contribution < -0.4 is 0 Å². The van der Waals surface area contributed by atoms with Crippen molar-refractivity contribution in [2.75, 3.05) is 0 Å². The van der Waals surface area contributed by atoms with Gasteiger partial charge in [0.15, 0.2) is 17.5 Å². The van der Waals surface area contributed by atoms with Gasteiger partial charge in [-0.2, -0.15) is 0 Å². The zero-order valence-electron chi connectivity index (χ0n) is 30.4. The molecule has 0 atom stereocenters. The molecule has 0 bridgehead atoms. The molecule has 0 N–H and O–H groups in total. The van der Waals surface area contributed by atoms with E-state index in [1.165, 1.54) is 10.8 Å². The largest absolute Gasteiger partial charge is 0.456 e. The van der Waals surface area contributed by atoms with Crippen LogP contribution >= 0.6 is 0 Å². The third kappa shape index (κ3) is 5.01. The van der Waals surface area contributed by atoms with E-state index in [2.05, 4.69) is 138 Å². The highest BCUT2D eigenvalue weighted by molar-refractivity contribution is 6.13. The summed E-state index contributed by atoms with van der Waals surface area (Å²) in [7, 11) is 0. The molecule has 4 heterocycles. The van der Waals surface area contributed by atoms with E-state index in [-0.39, 0.29) is 0 Å². The van der Waals surface area contributed by atoms with Crippen LogP contribution in [0.4, 0.5) is 0 Å². The summed E-state index contributed by atoms with van der Waals surface area (Å²) in [5.74, 6) is 1.68. The van der Waals surface area contributed by atoms with Gasteiger partial charge in [-0.1, -0.05) is 109 Å². The Morgan fingerprint density at radius 1 is 0.333 bits per heavy atom. The fraction of sp³-hybridized carbons (Fsp3) is 0. The van der Waals surface area contributed by atoms with Crippen LogP contribution in [0.25, 0.3) is 117 Å². The average Bonchev–Trinajstić information content (AvgIpc) is 3.95. The van der Waals surface area contributed by atoms with E-state index in [0.717, 1.165) is 88.4 Å². The molecule has 0 saturated heterocycles. The number of furan rings is 2. The van der Waals surface area contributed by atoms with Gasteiger partial charge in [-0.3, -0.25) is 0 Å². The van der Waals surface area contributed by atoms with Crippen molar-refractivity contribution in [3.05, 3.63) is 182 Å². The molecule has 266 valence electrons. The molecule has 4 aromatic heterocycles. The highest BCUT2D eigenvalue weighted by Crippen LogP contribution is 2.39. The van der Waals surface area contributed by atoms with Crippen molar-refractivity contribution in [1.29, 1.82) is 0 Å². The van der Waals surface area contributed by atoms with Crippen molar-refractivity contribution >= 4 is 65.7 Å². The first-order valence-corrected chi connectivity index (χ1v) is 19.0. The molecule has 0 aliphatic rings. The maximum atomic E-state index is 6.51. The van der Waals surface area contributed by atoms with Crippen molar-refractivity contribution in [1.82, 2.24) is 19.5 Å². The molecule has 0 amide bonds. The van der Waals surface area contributed by atoms with E-state index in [9.17, 15) is 0 Å². The van der Waals surface area contributed by atoms with Gasteiger partial charge in [0.05, 0.1) is 11.0 Å². The van der Waals surface area contributed by atoms with Crippen molar-refractivity contribution in [2.45, 2.75) is 0 Å². The third-order valence-electron chi connectivity index (χ3n) is 11.1. The number of rotatable bonds is 5. The Hall–Kier alpha value is -7.83. The van der Waals surface area contributed by atoms with Crippen LogP contribution in [0.15, 0.2) is 191 Å². The minimum Gasteiger partial charge on any atom is -0.456 e. The molecule has 0 aliphatic carbocycles.